The van der Waals surface area contributed by atoms with Crippen LogP contribution in [0, 0.1) is 0 Å². The number of aliphatic imine (C=N–C) groups is 2. The number of phenols is 2. The molecule has 2 aromatic carbocycles. The van der Waals surface area contributed by atoms with Crippen LogP contribution in [0.1, 0.15) is 76.3 Å². The first-order valence-corrected chi connectivity index (χ1v) is 12.5. The summed E-state index contributed by atoms with van der Waals surface area (Å²) >= 11 is 0. The minimum absolute atomic E-state index is 0.167. The molecule has 0 saturated carbocycles. The van der Waals surface area contributed by atoms with Gasteiger partial charge in [-0.25, -0.2) is 0 Å². The second kappa shape index (κ2) is 16.6. The maximum Gasteiger partial charge on any atom is 0.124 e. The molecule has 0 aliphatic rings. The summed E-state index contributed by atoms with van der Waals surface area (Å²) in [6.45, 7) is 6.64. The number of hydrogen-bond donors (Lipinski definition) is 2. The fraction of sp³-hybridized carbons (Fsp3) is 0.500. The standard InChI is InChI=1S/C28H40N2O4/c1-3-5-7-8-10-18-34-26-12-14-28(32)24(20-26)22-30-16-15-29-21-23-19-25(11-13-27(23)31)33-17-9-6-4-2/h11-14,19-22,31-32H,3-10,15-18H2,1-2H3. The number of rotatable bonds is 17. The lowest BCUT2D eigenvalue weighted by Gasteiger charge is -2.08. The van der Waals surface area contributed by atoms with Crippen molar-refractivity contribution in [2.24, 2.45) is 9.98 Å². The van der Waals surface area contributed by atoms with Crippen molar-refractivity contribution in [2.45, 2.75) is 65.2 Å². The Balaban J connectivity index is 1.78. The molecule has 0 radical (unpaired) electrons. The highest BCUT2D eigenvalue weighted by atomic mass is 16.5. The van der Waals surface area contributed by atoms with Gasteiger partial charge in [-0.15, -0.1) is 0 Å². The van der Waals surface area contributed by atoms with Gasteiger partial charge in [0.15, 0.2) is 0 Å². The molecule has 0 spiro atoms. The van der Waals surface area contributed by atoms with E-state index in [0.717, 1.165) is 37.2 Å². The summed E-state index contributed by atoms with van der Waals surface area (Å²) in [6.07, 6.45) is 12.5. The van der Waals surface area contributed by atoms with Crippen molar-refractivity contribution in [3.63, 3.8) is 0 Å². The zero-order chi connectivity index (χ0) is 24.4. The lowest BCUT2D eigenvalue weighted by Crippen LogP contribution is -1.98. The van der Waals surface area contributed by atoms with E-state index in [2.05, 4.69) is 23.8 Å². The number of benzene rings is 2. The normalized spacial score (nSPS) is 11.5. The molecule has 34 heavy (non-hydrogen) atoms. The second-order valence-electron chi connectivity index (χ2n) is 8.33. The van der Waals surface area contributed by atoms with Crippen molar-refractivity contribution in [2.75, 3.05) is 26.3 Å². The van der Waals surface area contributed by atoms with E-state index in [0.29, 0.717) is 37.4 Å². The van der Waals surface area contributed by atoms with E-state index >= 15 is 0 Å². The van der Waals surface area contributed by atoms with E-state index in [1.807, 2.05) is 0 Å². The molecule has 0 heterocycles. The number of ether oxygens (including phenoxy) is 2. The quantitative estimate of drug-likeness (QED) is 0.204. The summed E-state index contributed by atoms with van der Waals surface area (Å²) in [5.74, 6) is 1.80. The summed E-state index contributed by atoms with van der Waals surface area (Å²) in [4.78, 5) is 8.72. The van der Waals surface area contributed by atoms with E-state index in [1.54, 1.807) is 48.8 Å². The van der Waals surface area contributed by atoms with Gasteiger partial charge in [0.25, 0.3) is 0 Å². The van der Waals surface area contributed by atoms with Crippen LogP contribution in [0.15, 0.2) is 46.4 Å². The summed E-state index contributed by atoms with van der Waals surface area (Å²) < 4.78 is 11.5. The van der Waals surface area contributed by atoms with Crippen LogP contribution in [0.25, 0.3) is 0 Å². The summed E-state index contributed by atoms with van der Waals surface area (Å²) in [6, 6.07) is 10.4. The predicted octanol–water partition coefficient (Wildman–Crippen LogP) is 6.55. The van der Waals surface area contributed by atoms with Gasteiger partial charge in [-0.3, -0.25) is 9.98 Å². The Kier molecular flexibility index (Phi) is 13.3. The third kappa shape index (κ3) is 10.7. The molecule has 0 saturated heterocycles. The smallest absolute Gasteiger partial charge is 0.124 e. The highest BCUT2D eigenvalue weighted by molar-refractivity contribution is 5.84. The first-order valence-electron chi connectivity index (χ1n) is 12.5. The van der Waals surface area contributed by atoms with E-state index < -0.39 is 0 Å². The van der Waals surface area contributed by atoms with Crippen LogP contribution >= 0.6 is 0 Å². The Bertz CT molecular complexity index is 896. The van der Waals surface area contributed by atoms with E-state index in [1.165, 1.54) is 25.7 Å². The highest BCUT2D eigenvalue weighted by Crippen LogP contribution is 2.23. The number of aromatic hydroxyl groups is 2. The van der Waals surface area contributed by atoms with Gasteiger partial charge in [-0.1, -0.05) is 52.4 Å². The zero-order valence-corrected chi connectivity index (χ0v) is 20.7. The van der Waals surface area contributed by atoms with Crippen LogP contribution < -0.4 is 9.47 Å². The Morgan fingerprint density at radius 1 is 0.647 bits per heavy atom. The molecule has 6 heteroatoms. The molecule has 0 aromatic heterocycles. The highest BCUT2D eigenvalue weighted by Gasteiger charge is 2.03. The van der Waals surface area contributed by atoms with Crippen molar-refractivity contribution < 1.29 is 19.7 Å². The largest absolute Gasteiger partial charge is 0.507 e. The molecule has 0 unspecified atom stereocenters. The van der Waals surface area contributed by atoms with Gasteiger partial charge < -0.3 is 19.7 Å². The van der Waals surface area contributed by atoms with Crippen molar-refractivity contribution >= 4 is 12.4 Å². The molecule has 186 valence electrons. The molecule has 0 aliphatic heterocycles. The van der Waals surface area contributed by atoms with Crippen molar-refractivity contribution in [3.05, 3.63) is 47.5 Å². The van der Waals surface area contributed by atoms with Gasteiger partial charge in [0, 0.05) is 23.6 Å². The van der Waals surface area contributed by atoms with E-state index in [9.17, 15) is 10.2 Å². The van der Waals surface area contributed by atoms with Crippen molar-refractivity contribution in [1.82, 2.24) is 0 Å². The van der Waals surface area contributed by atoms with Crippen LogP contribution in [-0.4, -0.2) is 48.9 Å². The second-order valence-corrected chi connectivity index (χ2v) is 8.33. The van der Waals surface area contributed by atoms with Crippen molar-refractivity contribution in [3.8, 4) is 23.0 Å². The van der Waals surface area contributed by atoms with Gasteiger partial charge in [0.05, 0.1) is 26.3 Å². The molecular formula is C28H40N2O4. The summed E-state index contributed by atoms with van der Waals surface area (Å²) in [5, 5.41) is 20.1. The minimum Gasteiger partial charge on any atom is -0.507 e. The number of nitrogens with zero attached hydrogens (tertiary/aromatic N) is 2. The molecule has 0 fully saturated rings. The lowest BCUT2D eigenvalue weighted by molar-refractivity contribution is 0.304. The molecule has 0 atom stereocenters. The van der Waals surface area contributed by atoms with Crippen LogP contribution in [0.3, 0.4) is 0 Å². The predicted molar refractivity (Wildman–Crippen MR) is 140 cm³/mol. The molecule has 2 N–H and O–H groups in total. The van der Waals surface area contributed by atoms with Crippen LogP contribution in [-0.2, 0) is 0 Å². The molecule has 0 bridgehead atoms. The topological polar surface area (TPSA) is 83.6 Å². The first kappa shape index (κ1) is 27.2. The monoisotopic (exact) mass is 468 g/mol. The molecule has 0 amide bonds. The maximum atomic E-state index is 10.1. The Morgan fingerprint density at radius 3 is 1.59 bits per heavy atom. The van der Waals surface area contributed by atoms with Gasteiger partial charge in [-0.05, 0) is 49.2 Å². The SMILES string of the molecule is CCCCCCCOc1ccc(O)c(C=NCCN=Cc2cc(OCCCCC)ccc2O)c1. The summed E-state index contributed by atoms with van der Waals surface area (Å²) in [5.41, 5.74) is 1.24. The Hall–Kier alpha value is -3.02. The lowest BCUT2D eigenvalue weighted by atomic mass is 10.2. The number of phenolic OH excluding ortho intramolecular Hbond substituents is 2. The zero-order valence-electron chi connectivity index (χ0n) is 20.7. The van der Waals surface area contributed by atoms with Crippen LogP contribution in [0.4, 0.5) is 0 Å². The van der Waals surface area contributed by atoms with Gasteiger partial charge >= 0.3 is 0 Å². The number of unbranched alkanes of at least 4 members (excludes halogenated alkanes) is 6. The first-order chi connectivity index (χ1) is 16.6. The molecule has 6 nitrogen and oxygen atoms in total. The van der Waals surface area contributed by atoms with Gasteiger partial charge in [0.2, 0.25) is 0 Å². The van der Waals surface area contributed by atoms with Crippen LogP contribution in [0.2, 0.25) is 0 Å². The fourth-order valence-electron chi connectivity index (χ4n) is 3.33. The third-order valence-corrected chi connectivity index (χ3v) is 5.35. The van der Waals surface area contributed by atoms with E-state index in [-0.39, 0.29) is 11.5 Å². The minimum atomic E-state index is 0.167. The van der Waals surface area contributed by atoms with Gasteiger partial charge in [-0.2, -0.15) is 0 Å². The third-order valence-electron chi connectivity index (χ3n) is 5.35. The molecular weight excluding hydrogens is 428 g/mol. The van der Waals surface area contributed by atoms with Crippen molar-refractivity contribution in [1.29, 1.82) is 0 Å². The maximum absolute atomic E-state index is 10.1. The average molecular weight is 469 g/mol. The number of hydrogen-bond acceptors (Lipinski definition) is 6. The van der Waals surface area contributed by atoms with Gasteiger partial charge in [0.1, 0.15) is 23.0 Å². The van der Waals surface area contributed by atoms with E-state index in [4.69, 9.17) is 9.47 Å². The molecule has 2 rings (SSSR count). The average Bonchev–Trinajstić information content (AvgIpc) is 2.84. The summed E-state index contributed by atoms with van der Waals surface area (Å²) in [7, 11) is 0. The van der Waals surface area contributed by atoms with Crippen LogP contribution in [0.5, 0.6) is 23.0 Å². The Labute approximate surface area is 204 Å². The Morgan fingerprint density at radius 2 is 1.09 bits per heavy atom. The molecule has 0 aliphatic carbocycles. The fourth-order valence-corrected chi connectivity index (χ4v) is 3.33. The molecule has 2 aromatic rings.